The maximum absolute atomic E-state index is 12.9. The van der Waals surface area contributed by atoms with Crippen LogP contribution in [0.4, 0.5) is 19.0 Å². The van der Waals surface area contributed by atoms with Gasteiger partial charge in [0.05, 0.1) is 5.56 Å². The van der Waals surface area contributed by atoms with Gasteiger partial charge < -0.3 is 9.80 Å². The second-order valence-electron chi connectivity index (χ2n) is 7.22. The van der Waals surface area contributed by atoms with Gasteiger partial charge in [0.15, 0.2) is 0 Å². The van der Waals surface area contributed by atoms with Crippen LogP contribution in [0, 0.1) is 13.8 Å². The number of alkyl halides is 3. The molecule has 3 aromatic rings. The molecule has 3 aromatic heterocycles. The molecule has 4 rings (SSSR count). The molecule has 1 aliphatic heterocycles. The Morgan fingerprint density at radius 3 is 2.57 bits per heavy atom. The third-order valence-corrected chi connectivity index (χ3v) is 4.99. The van der Waals surface area contributed by atoms with Crippen LogP contribution < -0.4 is 4.90 Å². The number of amides is 1. The molecule has 0 unspecified atom stereocenters. The average Bonchev–Trinajstić information content (AvgIpc) is 2.97. The van der Waals surface area contributed by atoms with Gasteiger partial charge in [-0.15, -0.1) is 5.10 Å². The fourth-order valence-electron chi connectivity index (χ4n) is 3.49. The molecular formula is C19H20F3N7O. The molecule has 1 saturated heterocycles. The van der Waals surface area contributed by atoms with E-state index in [0.29, 0.717) is 44.2 Å². The van der Waals surface area contributed by atoms with E-state index in [1.165, 1.54) is 10.6 Å². The van der Waals surface area contributed by atoms with Gasteiger partial charge in [-0.3, -0.25) is 4.79 Å². The Morgan fingerprint density at radius 2 is 1.87 bits per heavy atom. The summed E-state index contributed by atoms with van der Waals surface area (Å²) >= 11 is 0. The SMILES string of the molecule is Cc1cc(C)n2nc(C(=O)N3CCCN(c4ccc(C(F)(F)F)cn4)CC3)nc2n1. The monoisotopic (exact) mass is 419 g/mol. The summed E-state index contributed by atoms with van der Waals surface area (Å²) in [6.45, 7) is 5.64. The van der Waals surface area contributed by atoms with Gasteiger partial charge in [0, 0.05) is 43.8 Å². The van der Waals surface area contributed by atoms with Gasteiger partial charge in [-0.1, -0.05) is 0 Å². The molecule has 0 N–H and O–H groups in total. The zero-order valence-corrected chi connectivity index (χ0v) is 16.5. The fourth-order valence-corrected chi connectivity index (χ4v) is 3.49. The Bertz CT molecular complexity index is 1080. The van der Waals surface area contributed by atoms with Crippen molar-refractivity contribution in [3.8, 4) is 0 Å². The van der Waals surface area contributed by atoms with E-state index >= 15 is 0 Å². The number of nitrogens with zero attached hydrogens (tertiary/aromatic N) is 7. The lowest BCUT2D eigenvalue weighted by atomic mass is 10.2. The van der Waals surface area contributed by atoms with Crippen molar-refractivity contribution < 1.29 is 18.0 Å². The van der Waals surface area contributed by atoms with Crippen LogP contribution >= 0.6 is 0 Å². The highest BCUT2D eigenvalue weighted by Crippen LogP contribution is 2.29. The van der Waals surface area contributed by atoms with E-state index in [2.05, 4.69) is 20.1 Å². The van der Waals surface area contributed by atoms with Crippen LogP contribution in [0.15, 0.2) is 24.4 Å². The number of anilines is 1. The summed E-state index contributed by atoms with van der Waals surface area (Å²) < 4.78 is 39.7. The van der Waals surface area contributed by atoms with E-state index in [-0.39, 0.29) is 11.7 Å². The van der Waals surface area contributed by atoms with Crippen molar-refractivity contribution in [3.05, 3.63) is 47.2 Å². The molecule has 0 saturated carbocycles. The first-order valence-electron chi connectivity index (χ1n) is 9.51. The first-order chi connectivity index (χ1) is 14.2. The molecule has 0 aliphatic carbocycles. The standard InChI is InChI=1S/C19H20F3N7O/c1-12-10-13(2)29-18(24-12)25-16(26-29)17(30)28-7-3-6-27(8-9-28)15-5-4-14(11-23-15)19(20,21)22/h4-5,10-11H,3,6-9H2,1-2H3. The first-order valence-corrected chi connectivity index (χ1v) is 9.51. The second-order valence-corrected chi connectivity index (χ2v) is 7.22. The Labute approximate surface area is 170 Å². The fraction of sp³-hybridized carbons (Fsp3) is 0.421. The normalized spacial score (nSPS) is 15.5. The molecule has 8 nitrogen and oxygen atoms in total. The molecule has 158 valence electrons. The summed E-state index contributed by atoms with van der Waals surface area (Å²) in [5.74, 6) is 0.622. The number of pyridine rings is 1. The Morgan fingerprint density at radius 1 is 1.07 bits per heavy atom. The molecular weight excluding hydrogens is 399 g/mol. The minimum atomic E-state index is -4.42. The third-order valence-electron chi connectivity index (χ3n) is 4.99. The maximum Gasteiger partial charge on any atom is 0.417 e. The predicted molar refractivity (Wildman–Crippen MR) is 102 cm³/mol. The number of halogens is 3. The van der Waals surface area contributed by atoms with Crippen LogP contribution in [0.25, 0.3) is 5.78 Å². The van der Waals surface area contributed by atoms with Gasteiger partial charge in [0.2, 0.25) is 5.82 Å². The zero-order chi connectivity index (χ0) is 21.5. The lowest BCUT2D eigenvalue weighted by molar-refractivity contribution is -0.137. The highest BCUT2D eigenvalue weighted by atomic mass is 19.4. The van der Waals surface area contributed by atoms with Crippen LogP contribution in [-0.2, 0) is 6.18 Å². The van der Waals surface area contributed by atoms with E-state index in [0.717, 1.165) is 23.7 Å². The second kappa shape index (κ2) is 7.54. The summed E-state index contributed by atoms with van der Waals surface area (Å²) in [5.41, 5.74) is 0.843. The lowest BCUT2D eigenvalue weighted by Gasteiger charge is -2.22. The summed E-state index contributed by atoms with van der Waals surface area (Å²) in [7, 11) is 0. The van der Waals surface area contributed by atoms with Crippen molar-refractivity contribution in [2.75, 3.05) is 31.1 Å². The molecule has 0 spiro atoms. The van der Waals surface area contributed by atoms with Gasteiger partial charge in [0.25, 0.3) is 11.7 Å². The van der Waals surface area contributed by atoms with Gasteiger partial charge in [-0.05, 0) is 38.5 Å². The number of fused-ring (bicyclic) bond motifs is 1. The number of hydrogen-bond acceptors (Lipinski definition) is 6. The number of hydrogen-bond donors (Lipinski definition) is 0. The predicted octanol–water partition coefficient (Wildman–Crippen LogP) is 2.51. The molecule has 0 atom stereocenters. The Hall–Kier alpha value is -3.24. The van der Waals surface area contributed by atoms with Gasteiger partial charge in [-0.25, -0.2) is 14.5 Å². The number of carbonyl (C=O) groups is 1. The number of aromatic nitrogens is 5. The van der Waals surface area contributed by atoms with Gasteiger partial charge in [-0.2, -0.15) is 18.2 Å². The molecule has 30 heavy (non-hydrogen) atoms. The van der Waals surface area contributed by atoms with E-state index < -0.39 is 11.7 Å². The molecule has 0 radical (unpaired) electrons. The van der Waals surface area contributed by atoms with Crippen LogP contribution in [0.1, 0.15) is 34.0 Å². The van der Waals surface area contributed by atoms with Crippen LogP contribution in [0.5, 0.6) is 0 Å². The minimum absolute atomic E-state index is 0.0808. The third kappa shape index (κ3) is 3.91. The van der Waals surface area contributed by atoms with Crippen molar-refractivity contribution in [2.24, 2.45) is 0 Å². The van der Waals surface area contributed by atoms with Crippen LogP contribution in [0.2, 0.25) is 0 Å². The molecule has 0 bridgehead atoms. The van der Waals surface area contributed by atoms with Gasteiger partial charge >= 0.3 is 6.18 Å². The summed E-state index contributed by atoms with van der Waals surface area (Å²) in [6.07, 6.45) is -2.93. The van der Waals surface area contributed by atoms with Crippen LogP contribution in [-0.4, -0.2) is 61.6 Å². The largest absolute Gasteiger partial charge is 0.417 e. The molecule has 1 aliphatic rings. The molecule has 1 fully saturated rings. The first kappa shape index (κ1) is 20.0. The molecule has 4 heterocycles. The lowest BCUT2D eigenvalue weighted by Crippen LogP contribution is -2.36. The quantitative estimate of drug-likeness (QED) is 0.635. The highest BCUT2D eigenvalue weighted by molar-refractivity contribution is 5.91. The number of aryl methyl sites for hydroxylation is 2. The summed E-state index contributed by atoms with van der Waals surface area (Å²) in [6, 6.07) is 4.24. The number of carbonyl (C=O) groups excluding carboxylic acids is 1. The average molecular weight is 419 g/mol. The Kier molecular flexibility index (Phi) is 5.04. The number of rotatable bonds is 2. The summed E-state index contributed by atoms with van der Waals surface area (Å²) in [5, 5.41) is 4.29. The molecule has 11 heteroatoms. The van der Waals surface area contributed by atoms with E-state index in [1.807, 2.05) is 24.8 Å². The van der Waals surface area contributed by atoms with E-state index in [4.69, 9.17) is 0 Å². The zero-order valence-electron chi connectivity index (χ0n) is 16.5. The van der Waals surface area contributed by atoms with Crippen molar-refractivity contribution >= 4 is 17.5 Å². The van der Waals surface area contributed by atoms with Crippen LogP contribution in [0.3, 0.4) is 0 Å². The van der Waals surface area contributed by atoms with Crippen molar-refractivity contribution in [1.29, 1.82) is 0 Å². The smallest absolute Gasteiger partial charge is 0.355 e. The highest BCUT2D eigenvalue weighted by Gasteiger charge is 2.31. The Balaban J connectivity index is 1.47. The maximum atomic E-state index is 12.9. The topological polar surface area (TPSA) is 79.5 Å². The van der Waals surface area contributed by atoms with Crippen molar-refractivity contribution in [2.45, 2.75) is 26.4 Å². The van der Waals surface area contributed by atoms with E-state index in [1.54, 1.807) is 4.90 Å². The molecule has 1 amide bonds. The molecule has 0 aromatic carbocycles. The van der Waals surface area contributed by atoms with Crippen molar-refractivity contribution in [3.63, 3.8) is 0 Å². The summed E-state index contributed by atoms with van der Waals surface area (Å²) in [4.78, 5) is 29.0. The minimum Gasteiger partial charge on any atom is -0.355 e. The van der Waals surface area contributed by atoms with Gasteiger partial charge in [0.1, 0.15) is 5.82 Å². The van der Waals surface area contributed by atoms with E-state index in [9.17, 15) is 18.0 Å². The van der Waals surface area contributed by atoms with Crippen molar-refractivity contribution in [1.82, 2.24) is 29.5 Å².